The summed E-state index contributed by atoms with van der Waals surface area (Å²) in [4.78, 5) is 0. The predicted molar refractivity (Wildman–Crippen MR) is 93.3 cm³/mol. The highest BCUT2D eigenvalue weighted by Gasteiger charge is 2.28. The fourth-order valence-corrected chi connectivity index (χ4v) is 2.36. The van der Waals surface area contributed by atoms with Crippen molar-refractivity contribution in [1.82, 2.24) is 0 Å². The summed E-state index contributed by atoms with van der Waals surface area (Å²) in [5.74, 6) is 0. The van der Waals surface area contributed by atoms with E-state index in [1.165, 1.54) is 0 Å². The zero-order valence-electron chi connectivity index (χ0n) is 13.6. The lowest BCUT2D eigenvalue weighted by molar-refractivity contribution is -0.126. The Bertz CT molecular complexity index is 585. The Hall–Kier alpha value is -1.98. The molecule has 3 atom stereocenters. The second-order valence-corrected chi connectivity index (χ2v) is 5.51. The highest BCUT2D eigenvalue weighted by atomic mass is 16.5. The topological polar surface area (TPSA) is 58.9 Å². The number of benzene rings is 2. The molecule has 0 spiro atoms. The van der Waals surface area contributed by atoms with Crippen molar-refractivity contribution < 1.29 is 19.7 Å². The van der Waals surface area contributed by atoms with E-state index >= 15 is 0 Å². The summed E-state index contributed by atoms with van der Waals surface area (Å²) in [5.41, 5.74) is 2.00. The minimum absolute atomic E-state index is 0.321. The lowest BCUT2D eigenvalue weighted by Gasteiger charge is -2.28. The molecule has 2 rings (SSSR count). The zero-order chi connectivity index (χ0) is 17.2. The molecule has 0 aliphatic carbocycles. The number of aliphatic hydroxyl groups is 2. The van der Waals surface area contributed by atoms with E-state index in [9.17, 15) is 10.2 Å². The van der Waals surface area contributed by atoms with E-state index in [4.69, 9.17) is 9.47 Å². The standard InChI is InChI=1S/C20H24O4/c1-2-19(23-14-16-9-5-3-6-10-16)20(18(22)13-21)24-15-17-11-7-4-8-12-17/h2-12,18-22H,1,13-15H2/t18-,19-,20-/m1/s1. The maximum Gasteiger partial charge on any atom is 0.116 e. The third-order valence-corrected chi connectivity index (χ3v) is 3.69. The van der Waals surface area contributed by atoms with Gasteiger partial charge < -0.3 is 19.7 Å². The fourth-order valence-electron chi connectivity index (χ4n) is 2.36. The predicted octanol–water partition coefficient (Wildman–Crippen LogP) is 2.70. The molecule has 0 aliphatic rings. The van der Waals surface area contributed by atoms with E-state index in [-0.39, 0.29) is 0 Å². The molecule has 0 aliphatic heterocycles. The normalized spacial score (nSPS) is 14.8. The van der Waals surface area contributed by atoms with Crippen LogP contribution in [0.4, 0.5) is 0 Å². The first kappa shape index (κ1) is 18.4. The van der Waals surface area contributed by atoms with Crippen LogP contribution in [-0.2, 0) is 22.7 Å². The first-order valence-corrected chi connectivity index (χ1v) is 7.97. The molecule has 2 N–H and O–H groups in total. The Labute approximate surface area is 143 Å². The van der Waals surface area contributed by atoms with Crippen molar-refractivity contribution in [3.05, 3.63) is 84.4 Å². The van der Waals surface area contributed by atoms with Gasteiger partial charge in [0.15, 0.2) is 0 Å². The first-order valence-electron chi connectivity index (χ1n) is 7.97. The van der Waals surface area contributed by atoms with Crippen LogP contribution in [0, 0.1) is 0 Å². The van der Waals surface area contributed by atoms with Gasteiger partial charge in [0, 0.05) is 0 Å². The third-order valence-electron chi connectivity index (χ3n) is 3.69. The van der Waals surface area contributed by atoms with Crippen LogP contribution in [0.2, 0.25) is 0 Å². The molecule has 0 saturated heterocycles. The van der Waals surface area contributed by atoms with Gasteiger partial charge in [-0.1, -0.05) is 66.7 Å². The summed E-state index contributed by atoms with van der Waals surface area (Å²) in [6.07, 6.45) is -0.683. The SMILES string of the molecule is C=C[C@@H](OCc1ccccc1)[C@H](OCc1ccccc1)[C@H](O)CO. The number of ether oxygens (including phenoxy) is 2. The van der Waals surface area contributed by atoms with Crippen molar-refractivity contribution in [2.45, 2.75) is 31.5 Å². The fraction of sp³-hybridized carbons (Fsp3) is 0.300. The van der Waals surface area contributed by atoms with Crippen molar-refractivity contribution in [2.75, 3.05) is 6.61 Å². The molecule has 4 nitrogen and oxygen atoms in total. The number of rotatable bonds is 10. The smallest absolute Gasteiger partial charge is 0.116 e. The van der Waals surface area contributed by atoms with Crippen molar-refractivity contribution >= 4 is 0 Å². The lowest BCUT2D eigenvalue weighted by Crippen LogP contribution is -2.42. The maximum absolute atomic E-state index is 10.1. The molecule has 0 radical (unpaired) electrons. The van der Waals surface area contributed by atoms with Gasteiger partial charge in [-0.3, -0.25) is 0 Å². The van der Waals surface area contributed by atoms with Crippen LogP contribution in [0.1, 0.15) is 11.1 Å². The number of hydrogen-bond acceptors (Lipinski definition) is 4. The Balaban J connectivity index is 1.99. The van der Waals surface area contributed by atoms with Crippen molar-refractivity contribution in [3.63, 3.8) is 0 Å². The second kappa shape index (κ2) is 10.0. The minimum atomic E-state index is -1.05. The summed E-state index contributed by atoms with van der Waals surface area (Å²) in [6, 6.07) is 19.4. The largest absolute Gasteiger partial charge is 0.394 e. The molecule has 2 aromatic rings. The zero-order valence-corrected chi connectivity index (χ0v) is 13.6. The molecule has 0 heterocycles. The van der Waals surface area contributed by atoms with Crippen LogP contribution in [0.3, 0.4) is 0 Å². The molecule has 24 heavy (non-hydrogen) atoms. The average Bonchev–Trinajstić information content (AvgIpc) is 2.65. The lowest BCUT2D eigenvalue weighted by atomic mass is 10.1. The molecule has 0 saturated carbocycles. The van der Waals surface area contributed by atoms with Gasteiger partial charge >= 0.3 is 0 Å². The molecule has 2 aromatic carbocycles. The van der Waals surface area contributed by atoms with Gasteiger partial charge in [0.05, 0.1) is 19.8 Å². The summed E-state index contributed by atoms with van der Waals surface area (Å²) in [5, 5.41) is 19.4. The van der Waals surface area contributed by atoms with Crippen molar-refractivity contribution in [1.29, 1.82) is 0 Å². The Morgan fingerprint density at radius 2 is 1.38 bits per heavy atom. The van der Waals surface area contributed by atoms with Crippen LogP contribution in [-0.4, -0.2) is 35.1 Å². The van der Waals surface area contributed by atoms with Crippen LogP contribution in [0.25, 0.3) is 0 Å². The summed E-state index contributed by atoms with van der Waals surface area (Å²) >= 11 is 0. The molecule has 0 bridgehead atoms. The van der Waals surface area contributed by atoms with E-state index in [0.717, 1.165) is 11.1 Å². The molecular weight excluding hydrogens is 304 g/mol. The summed E-state index contributed by atoms with van der Waals surface area (Å²) in [7, 11) is 0. The highest BCUT2D eigenvalue weighted by Crippen LogP contribution is 2.15. The van der Waals surface area contributed by atoms with Crippen LogP contribution in [0.15, 0.2) is 73.3 Å². The molecule has 0 aromatic heterocycles. The van der Waals surface area contributed by atoms with Crippen LogP contribution >= 0.6 is 0 Å². The quantitative estimate of drug-likeness (QED) is 0.659. The third kappa shape index (κ3) is 5.58. The van der Waals surface area contributed by atoms with Gasteiger partial charge in [0.2, 0.25) is 0 Å². The second-order valence-electron chi connectivity index (χ2n) is 5.51. The molecule has 0 unspecified atom stereocenters. The monoisotopic (exact) mass is 328 g/mol. The highest BCUT2D eigenvalue weighted by molar-refractivity contribution is 5.14. The Kier molecular flexibility index (Phi) is 7.65. The van der Waals surface area contributed by atoms with Crippen molar-refractivity contribution in [3.8, 4) is 0 Å². The number of aliphatic hydroxyl groups excluding tert-OH is 2. The van der Waals surface area contributed by atoms with Crippen LogP contribution < -0.4 is 0 Å². The van der Waals surface area contributed by atoms with Crippen molar-refractivity contribution in [2.24, 2.45) is 0 Å². The Morgan fingerprint density at radius 3 is 1.83 bits per heavy atom. The maximum atomic E-state index is 10.1. The Morgan fingerprint density at radius 1 is 0.875 bits per heavy atom. The molecule has 128 valence electrons. The van der Waals surface area contributed by atoms with E-state index in [2.05, 4.69) is 6.58 Å². The first-order chi connectivity index (χ1) is 11.7. The summed E-state index contributed by atoms with van der Waals surface area (Å²) < 4.78 is 11.7. The van der Waals surface area contributed by atoms with Gasteiger partial charge in [0.1, 0.15) is 18.3 Å². The van der Waals surface area contributed by atoms with E-state index < -0.39 is 24.9 Å². The van der Waals surface area contributed by atoms with Gasteiger partial charge in [-0.15, -0.1) is 6.58 Å². The van der Waals surface area contributed by atoms with E-state index in [1.807, 2.05) is 60.7 Å². The van der Waals surface area contributed by atoms with Gasteiger partial charge in [0.25, 0.3) is 0 Å². The molecule has 4 heteroatoms. The summed E-state index contributed by atoms with van der Waals surface area (Å²) in [6.45, 7) is 4.06. The van der Waals surface area contributed by atoms with Gasteiger partial charge in [-0.2, -0.15) is 0 Å². The molecular formula is C20H24O4. The van der Waals surface area contributed by atoms with Gasteiger partial charge in [-0.05, 0) is 11.1 Å². The molecule has 0 amide bonds. The minimum Gasteiger partial charge on any atom is -0.394 e. The van der Waals surface area contributed by atoms with Crippen LogP contribution in [0.5, 0.6) is 0 Å². The van der Waals surface area contributed by atoms with E-state index in [0.29, 0.717) is 13.2 Å². The average molecular weight is 328 g/mol. The molecule has 0 fully saturated rings. The van der Waals surface area contributed by atoms with E-state index in [1.54, 1.807) is 6.08 Å². The van der Waals surface area contributed by atoms with Gasteiger partial charge in [-0.25, -0.2) is 0 Å². The number of hydrogen-bond donors (Lipinski definition) is 2.